The van der Waals surface area contributed by atoms with E-state index in [1.165, 1.54) is 6.92 Å². The molecule has 148 valence electrons. The van der Waals surface area contributed by atoms with Gasteiger partial charge in [0.15, 0.2) is 0 Å². The van der Waals surface area contributed by atoms with Gasteiger partial charge in [-0.25, -0.2) is 4.68 Å². The predicted octanol–water partition coefficient (Wildman–Crippen LogP) is 3.19. The van der Waals surface area contributed by atoms with Crippen LogP contribution in [-0.2, 0) is 6.18 Å². The zero-order chi connectivity index (χ0) is 20.1. The minimum Gasteiger partial charge on any atom is -0.507 e. The number of halogens is 3. The molecule has 1 N–H and O–H groups in total. The second kappa shape index (κ2) is 6.69. The molecule has 1 aliphatic heterocycles. The number of alkyl halides is 3. The van der Waals surface area contributed by atoms with Crippen LogP contribution < -0.4 is 0 Å². The van der Waals surface area contributed by atoms with Crippen LogP contribution in [0.3, 0.4) is 0 Å². The first-order valence-electron chi connectivity index (χ1n) is 8.92. The fraction of sp³-hybridized carbons (Fsp3) is 0.444. The predicted molar refractivity (Wildman–Crippen MR) is 95.7 cm³/mol. The van der Waals surface area contributed by atoms with Gasteiger partial charge < -0.3 is 10.0 Å². The number of aromatic nitrogens is 5. The molecule has 2 aromatic heterocycles. The summed E-state index contributed by atoms with van der Waals surface area (Å²) in [7, 11) is 2.05. The summed E-state index contributed by atoms with van der Waals surface area (Å²) in [5, 5.41) is 26.9. The summed E-state index contributed by atoms with van der Waals surface area (Å²) >= 11 is 0. The minimum absolute atomic E-state index is 0.144. The number of likely N-dealkylation sites (N-methyl/N-ethyl adjacent to an activating group) is 1. The number of hydrogen-bond acceptors (Lipinski definition) is 6. The molecule has 3 aromatic rings. The van der Waals surface area contributed by atoms with E-state index < -0.39 is 17.5 Å². The van der Waals surface area contributed by atoms with Crippen molar-refractivity contribution in [3.63, 3.8) is 0 Å². The van der Waals surface area contributed by atoms with Gasteiger partial charge in [0.05, 0.1) is 17.3 Å². The van der Waals surface area contributed by atoms with E-state index in [2.05, 4.69) is 25.4 Å². The first-order chi connectivity index (χ1) is 13.2. The van der Waals surface area contributed by atoms with E-state index in [9.17, 15) is 18.3 Å². The molecule has 1 aromatic carbocycles. The molecular formula is C18H19F3N6O. The number of likely N-dealkylation sites (tertiary alicyclic amines) is 1. The third kappa shape index (κ3) is 3.28. The molecule has 10 heteroatoms. The van der Waals surface area contributed by atoms with Gasteiger partial charge in [-0.15, -0.1) is 15.3 Å². The second-order valence-electron chi connectivity index (χ2n) is 7.22. The van der Waals surface area contributed by atoms with Crippen molar-refractivity contribution < 1.29 is 18.3 Å². The lowest BCUT2D eigenvalue weighted by Gasteiger charge is -2.29. The average Bonchev–Trinajstić information content (AvgIpc) is 3.03. The number of aryl methyl sites for hydroxylation is 1. The number of phenols is 1. The standard InChI is InChI=1S/C18H19F3N6O/c1-10-6-11(18(19,20)21)7-15(28)16(10)13-8-14-17(24-22-13)27(25-23-14)12-4-3-5-26(2)9-12/h6-8,12,28H,3-5,9H2,1-2H3/t12-/m1/s1. The molecule has 1 fully saturated rings. The Balaban J connectivity index is 1.73. The van der Waals surface area contributed by atoms with Crippen LogP contribution in [0.4, 0.5) is 13.2 Å². The number of hydrogen-bond donors (Lipinski definition) is 1. The molecule has 4 rings (SSSR count). The number of piperidine rings is 1. The summed E-state index contributed by atoms with van der Waals surface area (Å²) in [4.78, 5) is 2.22. The second-order valence-corrected chi connectivity index (χ2v) is 7.22. The van der Waals surface area contributed by atoms with Crippen LogP contribution in [-0.4, -0.2) is 55.3 Å². The normalized spacial score (nSPS) is 18.7. The highest BCUT2D eigenvalue weighted by atomic mass is 19.4. The molecular weight excluding hydrogens is 373 g/mol. The van der Waals surface area contributed by atoms with Crippen LogP contribution in [0.15, 0.2) is 18.2 Å². The Hall–Kier alpha value is -2.75. The molecule has 1 atom stereocenters. The molecule has 0 amide bonds. The van der Waals surface area contributed by atoms with Gasteiger partial charge in [0.25, 0.3) is 0 Å². The molecule has 0 bridgehead atoms. The average molecular weight is 392 g/mol. The molecule has 28 heavy (non-hydrogen) atoms. The summed E-state index contributed by atoms with van der Waals surface area (Å²) in [5.41, 5.74) is 0.804. The van der Waals surface area contributed by atoms with Gasteiger partial charge in [-0.1, -0.05) is 5.21 Å². The highest BCUT2D eigenvalue weighted by Crippen LogP contribution is 2.38. The van der Waals surface area contributed by atoms with E-state index in [1.54, 1.807) is 10.7 Å². The fourth-order valence-electron chi connectivity index (χ4n) is 3.72. The Kier molecular flexibility index (Phi) is 4.45. The SMILES string of the molecule is Cc1cc(C(F)(F)F)cc(O)c1-c1cc2nnn([C@@H]3CCCN(C)C3)c2nn1. The van der Waals surface area contributed by atoms with Gasteiger partial charge in [0.1, 0.15) is 11.3 Å². The van der Waals surface area contributed by atoms with Gasteiger partial charge in [0.2, 0.25) is 5.65 Å². The van der Waals surface area contributed by atoms with Crippen LogP contribution in [0.2, 0.25) is 0 Å². The first kappa shape index (κ1) is 18.6. The van der Waals surface area contributed by atoms with Gasteiger partial charge >= 0.3 is 6.18 Å². The zero-order valence-electron chi connectivity index (χ0n) is 15.4. The third-order valence-electron chi connectivity index (χ3n) is 5.06. The fourth-order valence-corrected chi connectivity index (χ4v) is 3.72. The molecule has 0 unspecified atom stereocenters. The molecule has 7 nitrogen and oxygen atoms in total. The number of phenolic OH excluding ortho intramolecular Hbond substituents is 1. The highest BCUT2D eigenvalue weighted by molar-refractivity contribution is 5.79. The van der Waals surface area contributed by atoms with Crippen molar-refractivity contribution in [3.8, 4) is 17.0 Å². The van der Waals surface area contributed by atoms with Crippen molar-refractivity contribution >= 4 is 11.2 Å². The van der Waals surface area contributed by atoms with Crippen molar-refractivity contribution in [1.29, 1.82) is 0 Å². The lowest BCUT2D eigenvalue weighted by Crippen LogP contribution is -2.34. The number of aromatic hydroxyl groups is 1. The van der Waals surface area contributed by atoms with Gasteiger partial charge in [-0.2, -0.15) is 13.2 Å². The summed E-state index contributed by atoms with van der Waals surface area (Å²) in [5.74, 6) is -0.498. The number of nitrogens with zero attached hydrogens (tertiary/aromatic N) is 6. The van der Waals surface area contributed by atoms with Crippen LogP contribution in [0, 0.1) is 6.92 Å². The maximum Gasteiger partial charge on any atom is 0.416 e. The quantitative estimate of drug-likeness (QED) is 0.722. The molecule has 0 radical (unpaired) electrons. The van der Waals surface area contributed by atoms with Crippen molar-refractivity contribution in [3.05, 3.63) is 29.3 Å². The first-order valence-corrected chi connectivity index (χ1v) is 8.92. The van der Waals surface area contributed by atoms with Crippen LogP contribution in [0.5, 0.6) is 5.75 Å². The van der Waals surface area contributed by atoms with E-state index in [4.69, 9.17) is 0 Å². The van der Waals surface area contributed by atoms with E-state index in [0.29, 0.717) is 17.2 Å². The summed E-state index contributed by atoms with van der Waals surface area (Å²) in [6.45, 7) is 3.36. The minimum atomic E-state index is -4.54. The molecule has 1 saturated heterocycles. The lowest BCUT2D eigenvalue weighted by atomic mass is 10.0. The molecule has 1 aliphatic rings. The maximum atomic E-state index is 12.9. The number of rotatable bonds is 2. The van der Waals surface area contributed by atoms with Crippen LogP contribution in [0.1, 0.15) is 30.0 Å². The summed E-state index contributed by atoms with van der Waals surface area (Å²) in [6.07, 6.45) is -2.52. The largest absolute Gasteiger partial charge is 0.507 e. The molecule has 0 aliphatic carbocycles. The van der Waals surface area contributed by atoms with Gasteiger partial charge in [0, 0.05) is 12.1 Å². The highest BCUT2D eigenvalue weighted by Gasteiger charge is 2.32. The Morgan fingerprint density at radius 3 is 2.61 bits per heavy atom. The summed E-state index contributed by atoms with van der Waals surface area (Å²) in [6, 6.07) is 3.41. The van der Waals surface area contributed by atoms with E-state index in [0.717, 1.165) is 32.0 Å². The van der Waals surface area contributed by atoms with Gasteiger partial charge in [-0.05, 0) is 57.1 Å². The van der Waals surface area contributed by atoms with Crippen molar-refractivity contribution in [2.24, 2.45) is 0 Å². The van der Waals surface area contributed by atoms with E-state index >= 15 is 0 Å². The number of fused-ring (bicyclic) bond motifs is 1. The van der Waals surface area contributed by atoms with Crippen molar-refractivity contribution in [2.75, 3.05) is 20.1 Å². The Morgan fingerprint density at radius 1 is 1.14 bits per heavy atom. The van der Waals surface area contributed by atoms with Gasteiger partial charge in [-0.3, -0.25) is 0 Å². The maximum absolute atomic E-state index is 12.9. The molecule has 0 spiro atoms. The molecule has 0 saturated carbocycles. The summed E-state index contributed by atoms with van der Waals surface area (Å²) < 4.78 is 40.6. The third-order valence-corrected chi connectivity index (χ3v) is 5.06. The topological polar surface area (TPSA) is 80.0 Å². The van der Waals surface area contributed by atoms with Crippen molar-refractivity contribution in [1.82, 2.24) is 30.1 Å². The van der Waals surface area contributed by atoms with Crippen LogP contribution >= 0.6 is 0 Å². The Morgan fingerprint density at radius 2 is 1.93 bits per heavy atom. The zero-order valence-corrected chi connectivity index (χ0v) is 15.4. The molecule has 3 heterocycles. The monoisotopic (exact) mass is 392 g/mol. The smallest absolute Gasteiger partial charge is 0.416 e. The Labute approximate surface area is 158 Å². The van der Waals surface area contributed by atoms with Crippen molar-refractivity contribution in [2.45, 2.75) is 32.0 Å². The van der Waals surface area contributed by atoms with E-state index in [1.807, 2.05) is 7.05 Å². The number of benzene rings is 1. The van der Waals surface area contributed by atoms with E-state index in [-0.39, 0.29) is 22.9 Å². The Bertz CT molecular complexity index is 1010. The van der Waals surface area contributed by atoms with Crippen LogP contribution in [0.25, 0.3) is 22.4 Å². The lowest BCUT2D eigenvalue weighted by molar-refractivity contribution is -0.137.